The third kappa shape index (κ3) is 8.78. The lowest BCUT2D eigenvalue weighted by molar-refractivity contribution is 0.451. The van der Waals surface area contributed by atoms with Crippen molar-refractivity contribution < 1.29 is 30.6 Å². The molecule has 6 aromatic carbocycles. The highest BCUT2D eigenvalue weighted by molar-refractivity contribution is 5.53. The smallest absolute Gasteiger partial charge is 0.122 e. The molecule has 0 unspecified atom stereocenters. The minimum Gasteiger partial charge on any atom is -0.508 e. The summed E-state index contributed by atoms with van der Waals surface area (Å²) in [5.41, 5.74) is 9.56. The molecule has 0 atom stereocenters. The Morgan fingerprint density at radius 3 is 1.21 bits per heavy atom. The van der Waals surface area contributed by atoms with Gasteiger partial charge in [-0.25, -0.2) is 0 Å². The highest BCUT2D eigenvalue weighted by Gasteiger charge is 2.30. The number of rotatable bonds is 8. The molecule has 6 heteroatoms. The van der Waals surface area contributed by atoms with Crippen molar-refractivity contribution in [2.24, 2.45) is 0 Å². The van der Waals surface area contributed by atoms with E-state index in [9.17, 15) is 30.6 Å². The molecule has 0 amide bonds. The van der Waals surface area contributed by atoms with Crippen molar-refractivity contribution in [1.29, 1.82) is 0 Å². The molecule has 0 radical (unpaired) electrons. The lowest BCUT2D eigenvalue weighted by atomic mass is 9.73. The Balaban J connectivity index is 0.000000204. The van der Waals surface area contributed by atoms with E-state index in [0.717, 1.165) is 61.2 Å². The molecule has 0 bridgehead atoms. The lowest BCUT2D eigenvalue weighted by Crippen LogP contribution is -2.23. The van der Waals surface area contributed by atoms with Gasteiger partial charge in [-0.05, 0) is 102 Å². The molecule has 0 spiro atoms. The first-order valence-corrected chi connectivity index (χ1v) is 17.8. The van der Waals surface area contributed by atoms with Crippen LogP contribution >= 0.6 is 0 Å². The molecule has 0 aliphatic carbocycles. The van der Waals surface area contributed by atoms with Gasteiger partial charge in [-0.15, -0.1) is 0 Å². The van der Waals surface area contributed by atoms with E-state index in [1.54, 1.807) is 42.5 Å². The SMILES string of the molecule is CC(C)(c1ccc(O)cc1)c1ccc(O)c(C(C)(C)c2ccc(O)cc2)c1.Cc1ccc(O)c(Cc2cc(C)cc(Cc3cc(C)ccc3O)c2O)c1. The zero-order valence-corrected chi connectivity index (χ0v) is 31.6. The first kappa shape index (κ1) is 38.4. The summed E-state index contributed by atoms with van der Waals surface area (Å²) in [5.74, 6) is 1.40. The third-order valence-corrected chi connectivity index (χ3v) is 10.2. The minimum absolute atomic E-state index is 0.220. The quantitative estimate of drug-likeness (QED) is 0.0935. The number of hydrogen-bond donors (Lipinski definition) is 6. The Hall–Kier alpha value is -5.88. The van der Waals surface area contributed by atoms with E-state index in [-0.39, 0.29) is 39.9 Å². The Morgan fingerprint density at radius 1 is 0.377 bits per heavy atom. The van der Waals surface area contributed by atoms with Crippen LogP contribution in [0.3, 0.4) is 0 Å². The van der Waals surface area contributed by atoms with E-state index in [4.69, 9.17) is 0 Å². The largest absolute Gasteiger partial charge is 0.508 e. The Bertz CT molecular complexity index is 2140. The second-order valence-corrected chi connectivity index (χ2v) is 15.1. The van der Waals surface area contributed by atoms with E-state index >= 15 is 0 Å². The van der Waals surface area contributed by atoms with E-state index in [1.165, 1.54) is 0 Å². The fourth-order valence-corrected chi connectivity index (χ4v) is 6.83. The molecule has 274 valence electrons. The van der Waals surface area contributed by atoms with Crippen molar-refractivity contribution in [2.45, 2.75) is 72.1 Å². The maximum Gasteiger partial charge on any atom is 0.122 e. The predicted molar refractivity (Wildman–Crippen MR) is 213 cm³/mol. The van der Waals surface area contributed by atoms with Crippen molar-refractivity contribution in [3.63, 3.8) is 0 Å². The monoisotopic (exact) mass is 710 g/mol. The van der Waals surface area contributed by atoms with Crippen LogP contribution in [0.1, 0.15) is 88.9 Å². The van der Waals surface area contributed by atoms with Crippen LogP contribution in [-0.4, -0.2) is 30.6 Å². The molecule has 0 saturated carbocycles. The molecule has 0 aromatic heterocycles. The molecule has 0 heterocycles. The van der Waals surface area contributed by atoms with Gasteiger partial charge in [0.15, 0.2) is 0 Å². The van der Waals surface area contributed by atoms with Crippen molar-refractivity contribution in [2.75, 3.05) is 0 Å². The van der Waals surface area contributed by atoms with Crippen LogP contribution in [0.4, 0.5) is 0 Å². The summed E-state index contributed by atoms with van der Waals surface area (Å²) >= 11 is 0. The van der Waals surface area contributed by atoms with Crippen molar-refractivity contribution in [1.82, 2.24) is 0 Å². The molecular formula is C47H50O6. The van der Waals surface area contributed by atoms with Gasteiger partial charge in [0.25, 0.3) is 0 Å². The zero-order valence-electron chi connectivity index (χ0n) is 31.6. The van der Waals surface area contributed by atoms with Gasteiger partial charge < -0.3 is 30.6 Å². The molecular weight excluding hydrogens is 661 g/mol. The number of aryl methyl sites for hydroxylation is 3. The maximum absolute atomic E-state index is 10.8. The van der Waals surface area contributed by atoms with Crippen LogP contribution in [0.15, 0.2) is 115 Å². The minimum atomic E-state index is -0.432. The average molecular weight is 711 g/mol. The first-order valence-electron chi connectivity index (χ1n) is 17.8. The Morgan fingerprint density at radius 2 is 0.755 bits per heavy atom. The summed E-state index contributed by atoms with van der Waals surface area (Å²) in [6, 6.07) is 34.9. The van der Waals surface area contributed by atoms with Gasteiger partial charge in [-0.3, -0.25) is 0 Å². The van der Waals surface area contributed by atoms with E-state index in [0.29, 0.717) is 12.8 Å². The Labute approximate surface area is 313 Å². The standard InChI is InChI=1S/C24H26O3.C23H24O3/c1-23(2,16-5-10-19(25)11-6-16)18-9-14-22(27)21(15-18)24(3,4)17-7-12-20(26)13-8-17;1-14-4-6-21(24)17(8-14)12-19-10-16(3)11-20(23(19)26)13-18-9-15(2)5-7-22(18)25/h5-15,25-27H,1-4H3;4-11,24-26H,12-13H2,1-3H3. The number of aromatic hydroxyl groups is 6. The molecule has 6 nitrogen and oxygen atoms in total. The second-order valence-electron chi connectivity index (χ2n) is 15.1. The summed E-state index contributed by atoms with van der Waals surface area (Å²) in [4.78, 5) is 0. The molecule has 0 saturated heterocycles. The average Bonchev–Trinajstić information content (AvgIpc) is 3.10. The van der Waals surface area contributed by atoms with Crippen molar-refractivity contribution in [3.8, 4) is 34.5 Å². The van der Waals surface area contributed by atoms with E-state index < -0.39 is 5.41 Å². The summed E-state index contributed by atoms with van der Waals surface area (Å²) in [7, 11) is 0. The second kappa shape index (κ2) is 15.4. The van der Waals surface area contributed by atoms with Gasteiger partial charge in [0.2, 0.25) is 0 Å². The lowest BCUT2D eigenvalue weighted by Gasteiger charge is -2.31. The third-order valence-electron chi connectivity index (χ3n) is 10.2. The van der Waals surface area contributed by atoms with Crippen LogP contribution in [0, 0.1) is 20.8 Å². The summed E-state index contributed by atoms with van der Waals surface area (Å²) in [6.45, 7) is 14.3. The normalized spacial score (nSPS) is 11.5. The fourth-order valence-electron chi connectivity index (χ4n) is 6.83. The molecule has 6 N–H and O–H groups in total. The maximum atomic E-state index is 10.8. The van der Waals surface area contributed by atoms with Gasteiger partial charge >= 0.3 is 0 Å². The summed E-state index contributed by atoms with van der Waals surface area (Å²) < 4.78 is 0. The zero-order chi connectivity index (χ0) is 38.7. The molecule has 0 fully saturated rings. The fraction of sp³-hybridized carbons (Fsp3) is 0.234. The summed E-state index contributed by atoms with van der Waals surface area (Å²) in [6.07, 6.45) is 0.904. The van der Waals surface area contributed by atoms with Gasteiger partial charge in [0, 0.05) is 29.2 Å². The van der Waals surface area contributed by atoms with Crippen LogP contribution in [0.25, 0.3) is 0 Å². The van der Waals surface area contributed by atoms with Gasteiger partial charge in [-0.1, -0.05) is 117 Å². The van der Waals surface area contributed by atoms with Crippen molar-refractivity contribution >= 4 is 0 Å². The molecule has 6 aromatic rings. The molecule has 6 rings (SSSR count). The molecule has 0 aliphatic heterocycles. The highest BCUT2D eigenvalue weighted by atomic mass is 16.3. The molecule has 0 aliphatic rings. The van der Waals surface area contributed by atoms with Crippen LogP contribution in [-0.2, 0) is 23.7 Å². The summed E-state index contributed by atoms with van der Waals surface area (Å²) in [5, 5.41) is 60.7. The van der Waals surface area contributed by atoms with Gasteiger partial charge in [0.05, 0.1) is 0 Å². The number of hydrogen-bond acceptors (Lipinski definition) is 6. The topological polar surface area (TPSA) is 121 Å². The van der Waals surface area contributed by atoms with Crippen LogP contribution < -0.4 is 0 Å². The van der Waals surface area contributed by atoms with Crippen LogP contribution in [0.2, 0.25) is 0 Å². The van der Waals surface area contributed by atoms with E-state index in [2.05, 4.69) is 33.8 Å². The molecule has 53 heavy (non-hydrogen) atoms. The first-order chi connectivity index (χ1) is 24.9. The Kier molecular flexibility index (Phi) is 11.1. The van der Waals surface area contributed by atoms with Crippen molar-refractivity contribution in [3.05, 3.63) is 176 Å². The number of benzene rings is 6. The predicted octanol–water partition coefficient (Wildman–Crippen LogP) is 10.4. The van der Waals surface area contributed by atoms with Gasteiger partial charge in [0.1, 0.15) is 34.5 Å². The highest BCUT2D eigenvalue weighted by Crippen LogP contribution is 2.41. The van der Waals surface area contributed by atoms with Crippen LogP contribution in [0.5, 0.6) is 34.5 Å². The van der Waals surface area contributed by atoms with E-state index in [1.807, 2.05) is 87.5 Å². The number of phenols is 6. The number of phenolic OH excluding ortho intramolecular Hbond substituents is 6. The van der Waals surface area contributed by atoms with Gasteiger partial charge in [-0.2, -0.15) is 0 Å².